The van der Waals surface area contributed by atoms with E-state index in [0.717, 1.165) is 24.3 Å². The van der Waals surface area contributed by atoms with Crippen LogP contribution in [0.25, 0.3) is 0 Å². The van der Waals surface area contributed by atoms with Crippen LogP contribution >= 0.6 is 0 Å². The number of rotatable bonds is 3. The Labute approximate surface area is 110 Å². The van der Waals surface area contributed by atoms with Gasteiger partial charge in [0, 0.05) is 12.1 Å². The average molecular weight is 248 g/mol. The summed E-state index contributed by atoms with van der Waals surface area (Å²) in [4.78, 5) is 0. The molecule has 1 aromatic carbocycles. The lowest BCUT2D eigenvalue weighted by Gasteiger charge is -2.34. The van der Waals surface area contributed by atoms with E-state index >= 15 is 0 Å². The van der Waals surface area contributed by atoms with Gasteiger partial charge in [0.1, 0.15) is 5.75 Å². The molecule has 0 amide bonds. The number of methoxy groups -OCH3 is 1. The Morgan fingerprint density at radius 2 is 1.94 bits per heavy atom. The van der Waals surface area contributed by atoms with E-state index in [1.54, 1.807) is 7.11 Å². The quantitative estimate of drug-likeness (QED) is 0.864. The second-order valence-corrected chi connectivity index (χ2v) is 6.24. The molecule has 3 nitrogen and oxygen atoms in total. The summed E-state index contributed by atoms with van der Waals surface area (Å²) in [6.45, 7) is 6.66. The molecule has 0 atom stereocenters. The largest absolute Gasteiger partial charge is 0.495 e. The smallest absolute Gasteiger partial charge is 0.141 e. The highest BCUT2D eigenvalue weighted by atomic mass is 16.5. The van der Waals surface area contributed by atoms with Gasteiger partial charge in [0.05, 0.1) is 12.8 Å². The maximum atomic E-state index is 5.82. The molecule has 3 N–H and O–H groups in total. The molecule has 1 aliphatic carbocycles. The maximum Gasteiger partial charge on any atom is 0.141 e. The summed E-state index contributed by atoms with van der Waals surface area (Å²) in [5, 5.41) is 3.54. The minimum absolute atomic E-state index is 0.152. The summed E-state index contributed by atoms with van der Waals surface area (Å²) in [7, 11) is 1.71. The Hall–Kier alpha value is -1.22. The summed E-state index contributed by atoms with van der Waals surface area (Å²) in [6, 6.07) is 7.23. The van der Waals surface area contributed by atoms with Crippen molar-refractivity contribution in [3.8, 4) is 5.75 Å². The molecule has 2 rings (SSSR count). The zero-order chi connectivity index (χ0) is 13.3. The van der Waals surface area contributed by atoms with E-state index in [0.29, 0.717) is 12.1 Å². The molecule has 0 radical (unpaired) electrons. The zero-order valence-electron chi connectivity index (χ0n) is 11.8. The van der Waals surface area contributed by atoms with E-state index in [1.165, 1.54) is 5.56 Å². The lowest BCUT2D eigenvalue weighted by atomic mass is 9.85. The van der Waals surface area contributed by atoms with Gasteiger partial charge in [-0.15, -0.1) is 0 Å². The molecule has 18 heavy (non-hydrogen) atoms. The molecule has 1 saturated carbocycles. The number of hydrogen-bond donors (Lipinski definition) is 2. The fourth-order valence-electron chi connectivity index (χ4n) is 2.29. The van der Waals surface area contributed by atoms with Crippen molar-refractivity contribution in [2.45, 2.75) is 51.1 Å². The molecule has 0 bridgehead atoms. The Balaban J connectivity index is 2.20. The van der Waals surface area contributed by atoms with Crippen LogP contribution in [0.2, 0.25) is 0 Å². The normalized spacial score (nSPS) is 23.4. The van der Waals surface area contributed by atoms with E-state index in [9.17, 15) is 0 Å². The van der Waals surface area contributed by atoms with Crippen molar-refractivity contribution in [2.24, 2.45) is 5.73 Å². The van der Waals surface area contributed by atoms with E-state index in [4.69, 9.17) is 10.5 Å². The van der Waals surface area contributed by atoms with E-state index in [1.807, 2.05) is 6.07 Å². The second-order valence-electron chi connectivity index (χ2n) is 6.24. The molecule has 1 aliphatic rings. The fraction of sp³-hybridized carbons (Fsp3) is 0.600. The zero-order valence-corrected chi connectivity index (χ0v) is 11.8. The summed E-state index contributed by atoms with van der Waals surface area (Å²) in [5.74, 6) is 0.906. The number of nitrogens with two attached hydrogens (primary N) is 1. The minimum Gasteiger partial charge on any atom is -0.495 e. The SMILES string of the molecule is COc1ccc(C(C)(C)C)cc1NC1CC(N)C1. The van der Waals surface area contributed by atoms with Crippen LogP contribution in [0.4, 0.5) is 5.69 Å². The van der Waals surface area contributed by atoms with Crippen molar-refractivity contribution < 1.29 is 4.74 Å². The van der Waals surface area contributed by atoms with Crippen molar-refractivity contribution in [2.75, 3.05) is 12.4 Å². The Kier molecular flexibility index (Phi) is 3.53. The summed E-state index contributed by atoms with van der Waals surface area (Å²) in [5.41, 5.74) is 8.37. The predicted octanol–water partition coefficient (Wildman–Crippen LogP) is 2.89. The lowest BCUT2D eigenvalue weighted by Crippen LogP contribution is -2.44. The number of ether oxygens (including phenoxy) is 1. The number of anilines is 1. The molecule has 100 valence electrons. The standard InChI is InChI=1S/C15H24N2O/c1-15(2,3)10-5-6-14(18-4)13(7-10)17-12-8-11(16)9-12/h5-7,11-12,17H,8-9,16H2,1-4H3. The number of hydrogen-bond acceptors (Lipinski definition) is 3. The second kappa shape index (κ2) is 4.81. The summed E-state index contributed by atoms with van der Waals surface area (Å²) in [6.07, 6.45) is 2.09. The first-order valence-corrected chi connectivity index (χ1v) is 6.61. The number of nitrogens with one attached hydrogen (secondary N) is 1. The van der Waals surface area contributed by atoms with Gasteiger partial charge in [0.25, 0.3) is 0 Å². The molecule has 0 unspecified atom stereocenters. The lowest BCUT2D eigenvalue weighted by molar-refractivity contribution is 0.369. The van der Waals surface area contributed by atoms with Crippen molar-refractivity contribution in [1.29, 1.82) is 0 Å². The molecule has 0 spiro atoms. The van der Waals surface area contributed by atoms with Gasteiger partial charge in [-0.05, 0) is 36.0 Å². The van der Waals surface area contributed by atoms with Crippen LogP contribution in [0.15, 0.2) is 18.2 Å². The third-order valence-corrected chi connectivity index (χ3v) is 3.60. The van der Waals surface area contributed by atoms with Crippen molar-refractivity contribution >= 4 is 5.69 Å². The summed E-state index contributed by atoms with van der Waals surface area (Å²) < 4.78 is 5.42. The van der Waals surface area contributed by atoms with Gasteiger partial charge in [0.2, 0.25) is 0 Å². The highest BCUT2D eigenvalue weighted by molar-refractivity contribution is 5.59. The number of benzene rings is 1. The van der Waals surface area contributed by atoms with Gasteiger partial charge in [0.15, 0.2) is 0 Å². The molecule has 1 aromatic rings. The molecule has 0 aromatic heterocycles. The van der Waals surface area contributed by atoms with Gasteiger partial charge < -0.3 is 15.8 Å². The Morgan fingerprint density at radius 3 is 2.44 bits per heavy atom. The van der Waals surface area contributed by atoms with Crippen molar-refractivity contribution in [3.05, 3.63) is 23.8 Å². The van der Waals surface area contributed by atoms with Crippen molar-refractivity contribution in [3.63, 3.8) is 0 Å². The Bertz CT molecular complexity index is 417. The molecular weight excluding hydrogens is 224 g/mol. The predicted molar refractivity (Wildman–Crippen MR) is 76.3 cm³/mol. The van der Waals surface area contributed by atoms with Crippen LogP contribution in [0.3, 0.4) is 0 Å². The third kappa shape index (κ3) is 2.78. The Morgan fingerprint density at radius 1 is 1.28 bits per heavy atom. The molecule has 3 heteroatoms. The average Bonchev–Trinajstić information content (AvgIpc) is 2.25. The third-order valence-electron chi connectivity index (χ3n) is 3.60. The van der Waals surface area contributed by atoms with E-state index in [2.05, 4.69) is 38.2 Å². The molecule has 0 aliphatic heterocycles. The van der Waals surface area contributed by atoms with Gasteiger partial charge >= 0.3 is 0 Å². The summed E-state index contributed by atoms with van der Waals surface area (Å²) >= 11 is 0. The van der Waals surface area contributed by atoms with Crippen LogP contribution in [0.5, 0.6) is 5.75 Å². The van der Waals surface area contributed by atoms with Crippen LogP contribution < -0.4 is 15.8 Å². The van der Waals surface area contributed by atoms with E-state index in [-0.39, 0.29) is 5.41 Å². The molecule has 0 saturated heterocycles. The minimum atomic E-state index is 0.152. The van der Waals surface area contributed by atoms with Crippen LogP contribution in [-0.4, -0.2) is 19.2 Å². The van der Waals surface area contributed by atoms with Crippen LogP contribution in [-0.2, 0) is 5.41 Å². The molecule has 1 fully saturated rings. The topological polar surface area (TPSA) is 47.3 Å². The van der Waals surface area contributed by atoms with Gasteiger partial charge in [-0.25, -0.2) is 0 Å². The highest BCUT2D eigenvalue weighted by Crippen LogP contribution is 2.33. The molecule has 0 heterocycles. The maximum absolute atomic E-state index is 5.82. The van der Waals surface area contributed by atoms with Gasteiger partial charge in [-0.2, -0.15) is 0 Å². The first-order valence-electron chi connectivity index (χ1n) is 6.61. The highest BCUT2D eigenvalue weighted by Gasteiger charge is 2.26. The first kappa shape index (κ1) is 13.2. The van der Waals surface area contributed by atoms with Crippen LogP contribution in [0.1, 0.15) is 39.2 Å². The van der Waals surface area contributed by atoms with Gasteiger partial charge in [-0.3, -0.25) is 0 Å². The molecular formula is C15H24N2O. The van der Waals surface area contributed by atoms with Crippen molar-refractivity contribution in [1.82, 2.24) is 0 Å². The van der Waals surface area contributed by atoms with Gasteiger partial charge in [-0.1, -0.05) is 26.8 Å². The van der Waals surface area contributed by atoms with E-state index < -0.39 is 0 Å². The monoisotopic (exact) mass is 248 g/mol. The fourth-order valence-corrected chi connectivity index (χ4v) is 2.29. The first-order chi connectivity index (χ1) is 8.40. The van der Waals surface area contributed by atoms with Crippen LogP contribution in [0, 0.1) is 0 Å².